The molecule has 5 nitrogen and oxygen atoms in total. The Bertz CT molecular complexity index is 303. The fourth-order valence-corrected chi connectivity index (χ4v) is 1.67. The van der Waals surface area contributed by atoms with Gasteiger partial charge in [-0.15, -0.1) is 5.10 Å². The second kappa shape index (κ2) is 2.83. The van der Waals surface area contributed by atoms with Crippen LogP contribution in [-0.4, -0.2) is 26.1 Å². The van der Waals surface area contributed by atoms with E-state index >= 15 is 0 Å². The van der Waals surface area contributed by atoms with E-state index in [9.17, 15) is 4.79 Å². The van der Waals surface area contributed by atoms with E-state index in [4.69, 9.17) is 5.11 Å². The van der Waals surface area contributed by atoms with Gasteiger partial charge in [0.15, 0.2) is 0 Å². The minimum absolute atomic E-state index is 0.447. The Kier molecular flexibility index (Phi) is 1.79. The van der Waals surface area contributed by atoms with Crippen LogP contribution in [0.4, 0.5) is 0 Å². The molecule has 0 radical (unpaired) electrons. The number of carboxylic acid groups (broad SMARTS) is 1. The number of aliphatic carboxylic acids is 1. The zero-order chi connectivity index (χ0) is 9.31. The Hall–Kier alpha value is -1.39. The summed E-state index contributed by atoms with van der Waals surface area (Å²) < 4.78 is 1.59. The maximum Gasteiger partial charge on any atom is 0.311 e. The summed E-state index contributed by atoms with van der Waals surface area (Å²) in [5.74, 6) is -0.714. The summed E-state index contributed by atoms with van der Waals surface area (Å²) in [7, 11) is 0. The maximum atomic E-state index is 11.0. The normalized spacial score (nSPS) is 19.4. The summed E-state index contributed by atoms with van der Waals surface area (Å²) in [6.07, 6.45) is 5.77. The van der Waals surface area contributed by atoms with Gasteiger partial charge in [0.1, 0.15) is 0 Å². The molecule has 0 atom stereocenters. The van der Waals surface area contributed by atoms with Crippen LogP contribution in [0.1, 0.15) is 19.3 Å². The second-order valence-corrected chi connectivity index (χ2v) is 3.54. The van der Waals surface area contributed by atoms with Crippen molar-refractivity contribution < 1.29 is 9.90 Å². The monoisotopic (exact) mass is 181 g/mol. The zero-order valence-electron chi connectivity index (χ0n) is 7.18. The molecule has 13 heavy (non-hydrogen) atoms. The number of nitrogens with zero attached hydrogens (tertiary/aromatic N) is 3. The molecule has 0 amide bonds. The van der Waals surface area contributed by atoms with E-state index in [-0.39, 0.29) is 0 Å². The molecule has 0 aliphatic heterocycles. The molecule has 1 aliphatic carbocycles. The predicted octanol–water partition coefficient (Wildman–Crippen LogP) is 0.533. The van der Waals surface area contributed by atoms with E-state index in [1.54, 1.807) is 17.1 Å². The van der Waals surface area contributed by atoms with Gasteiger partial charge in [-0.25, -0.2) is 0 Å². The van der Waals surface area contributed by atoms with Crippen molar-refractivity contribution in [3.05, 3.63) is 12.4 Å². The molecule has 5 heteroatoms. The number of rotatable bonds is 3. The van der Waals surface area contributed by atoms with Crippen LogP contribution in [0, 0.1) is 5.41 Å². The Balaban J connectivity index is 2.11. The Morgan fingerprint density at radius 3 is 2.77 bits per heavy atom. The lowest BCUT2D eigenvalue weighted by Gasteiger charge is -2.37. The third-order valence-corrected chi connectivity index (χ3v) is 2.70. The van der Waals surface area contributed by atoms with Crippen molar-refractivity contribution in [1.82, 2.24) is 15.0 Å². The topological polar surface area (TPSA) is 68.0 Å². The first-order chi connectivity index (χ1) is 6.23. The van der Waals surface area contributed by atoms with Gasteiger partial charge in [0.05, 0.1) is 18.2 Å². The van der Waals surface area contributed by atoms with Gasteiger partial charge in [-0.3, -0.25) is 9.48 Å². The molecule has 2 rings (SSSR count). The summed E-state index contributed by atoms with van der Waals surface area (Å²) in [6.45, 7) is 0.447. The van der Waals surface area contributed by atoms with E-state index in [1.165, 1.54) is 0 Å². The van der Waals surface area contributed by atoms with Crippen molar-refractivity contribution in [3.8, 4) is 0 Å². The molecule has 1 saturated carbocycles. The van der Waals surface area contributed by atoms with Crippen LogP contribution in [0.15, 0.2) is 12.4 Å². The van der Waals surface area contributed by atoms with Gasteiger partial charge >= 0.3 is 5.97 Å². The smallest absolute Gasteiger partial charge is 0.311 e. The molecule has 1 N–H and O–H groups in total. The highest BCUT2D eigenvalue weighted by molar-refractivity contribution is 5.75. The first-order valence-electron chi connectivity index (χ1n) is 4.30. The van der Waals surface area contributed by atoms with Crippen molar-refractivity contribution in [3.63, 3.8) is 0 Å². The summed E-state index contributed by atoms with van der Waals surface area (Å²) in [6, 6.07) is 0. The van der Waals surface area contributed by atoms with E-state index in [2.05, 4.69) is 10.3 Å². The van der Waals surface area contributed by atoms with Gasteiger partial charge in [0.25, 0.3) is 0 Å². The lowest BCUT2D eigenvalue weighted by Crippen LogP contribution is -2.41. The number of carboxylic acids is 1. The highest BCUT2D eigenvalue weighted by Crippen LogP contribution is 2.42. The molecule has 1 aromatic rings. The number of hydrogen-bond donors (Lipinski definition) is 1. The molecule has 1 aliphatic rings. The van der Waals surface area contributed by atoms with Crippen LogP contribution in [-0.2, 0) is 11.3 Å². The molecule has 1 heterocycles. The highest BCUT2D eigenvalue weighted by Gasteiger charge is 2.44. The average Bonchev–Trinajstić information content (AvgIpc) is 2.47. The van der Waals surface area contributed by atoms with E-state index in [0.29, 0.717) is 6.54 Å². The molecule has 0 aromatic carbocycles. The van der Waals surface area contributed by atoms with Crippen molar-refractivity contribution in [2.45, 2.75) is 25.8 Å². The molecule has 0 bridgehead atoms. The molecule has 70 valence electrons. The van der Waals surface area contributed by atoms with Crippen molar-refractivity contribution >= 4 is 5.97 Å². The molecular formula is C8H11N3O2. The Morgan fingerprint density at radius 2 is 2.38 bits per heavy atom. The van der Waals surface area contributed by atoms with Crippen LogP contribution < -0.4 is 0 Å². The standard InChI is InChI=1S/C8H11N3O2/c12-7(13)8(2-1-3-8)6-11-5-4-9-10-11/h4-5H,1-3,6H2,(H,12,13). The lowest BCUT2D eigenvalue weighted by atomic mass is 9.69. The number of carbonyl (C=O) groups is 1. The third kappa shape index (κ3) is 1.30. The largest absolute Gasteiger partial charge is 0.481 e. The molecule has 1 fully saturated rings. The predicted molar refractivity (Wildman–Crippen MR) is 43.9 cm³/mol. The summed E-state index contributed by atoms with van der Waals surface area (Å²) >= 11 is 0. The van der Waals surface area contributed by atoms with Gasteiger partial charge < -0.3 is 5.11 Å². The van der Waals surface area contributed by atoms with Gasteiger partial charge in [0.2, 0.25) is 0 Å². The van der Waals surface area contributed by atoms with Gasteiger partial charge in [-0.2, -0.15) is 0 Å². The minimum atomic E-state index is -0.714. The number of aromatic nitrogens is 3. The van der Waals surface area contributed by atoms with Gasteiger partial charge in [-0.05, 0) is 12.8 Å². The van der Waals surface area contributed by atoms with Crippen LogP contribution >= 0.6 is 0 Å². The van der Waals surface area contributed by atoms with Gasteiger partial charge in [0, 0.05) is 6.20 Å². The quantitative estimate of drug-likeness (QED) is 0.738. The lowest BCUT2D eigenvalue weighted by molar-refractivity contribution is -0.156. The van der Waals surface area contributed by atoms with E-state index in [1.807, 2.05) is 0 Å². The number of hydrogen-bond acceptors (Lipinski definition) is 3. The van der Waals surface area contributed by atoms with Crippen LogP contribution in [0.3, 0.4) is 0 Å². The molecule has 0 saturated heterocycles. The van der Waals surface area contributed by atoms with E-state index in [0.717, 1.165) is 19.3 Å². The average molecular weight is 181 g/mol. The van der Waals surface area contributed by atoms with Crippen LogP contribution in [0.2, 0.25) is 0 Å². The SMILES string of the molecule is O=C(O)C1(Cn2ccnn2)CCC1. The molecule has 0 unspecified atom stereocenters. The van der Waals surface area contributed by atoms with Crippen molar-refractivity contribution in [1.29, 1.82) is 0 Å². The van der Waals surface area contributed by atoms with Crippen LogP contribution in [0.5, 0.6) is 0 Å². The Morgan fingerprint density at radius 1 is 1.62 bits per heavy atom. The van der Waals surface area contributed by atoms with E-state index < -0.39 is 11.4 Å². The molecular weight excluding hydrogens is 170 g/mol. The molecule has 1 aromatic heterocycles. The summed E-state index contributed by atoms with van der Waals surface area (Å²) in [5.41, 5.74) is -0.576. The highest BCUT2D eigenvalue weighted by atomic mass is 16.4. The fourth-order valence-electron chi connectivity index (χ4n) is 1.67. The Labute approximate surface area is 75.4 Å². The first kappa shape index (κ1) is 8.22. The van der Waals surface area contributed by atoms with Gasteiger partial charge in [-0.1, -0.05) is 11.6 Å². The zero-order valence-corrected chi connectivity index (χ0v) is 7.18. The first-order valence-corrected chi connectivity index (χ1v) is 4.30. The minimum Gasteiger partial charge on any atom is -0.481 e. The molecule has 0 spiro atoms. The maximum absolute atomic E-state index is 11.0. The third-order valence-electron chi connectivity index (χ3n) is 2.70. The van der Waals surface area contributed by atoms with Crippen molar-refractivity contribution in [2.24, 2.45) is 5.41 Å². The van der Waals surface area contributed by atoms with Crippen LogP contribution in [0.25, 0.3) is 0 Å². The summed E-state index contributed by atoms with van der Waals surface area (Å²) in [4.78, 5) is 11.0. The fraction of sp³-hybridized carbons (Fsp3) is 0.625. The second-order valence-electron chi connectivity index (χ2n) is 3.54. The summed E-state index contributed by atoms with van der Waals surface area (Å²) in [5, 5.41) is 16.4. The van der Waals surface area contributed by atoms with Crippen molar-refractivity contribution in [2.75, 3.05) is 0 Å².